The number of nitrogens with zero attached hydrogens (tertiary/aromatic N) is 1. The molecule has 17 heavy (non-hydrogen) atoms. The molecule has 0 radical (unpaired) electrons. The Balaban J connectivity index is 1.86. The van der Waals surface area contributed by atoms with Crippen LogP contribution in [0.3, 0.4) is 0 Å². The molecular weight excluding hydrogens is 288 g/mol. The van der Waals surface area contributed by atoms with E-state index in [0.717, 1.165) is 4.47 Å². The molecule has 0 spiro atoms. The molecule has 0 aliphatic carbocycles. The van der Waals surface area contributed by atoms with E-state index in [9.17, 15) is 4.79 Å². The number of hydrogen-bond donors (Lipinski definition) is 1. The molecule has 2 rings (SSSR count). The molecular formula is C11H15BrN2O3. The normalized spacial score (nSPS) is 20.2. The molecule has 1 amide bonds. The average molecular weight is 303 g/mol. The van der Waals surface area contributed by atoms with Crippen molar-refractivity contribution in [3.05, 3.63) is 22.4 Å². The van der Waals surface area contributed by atoms with Crippen molar-refractivity contribution in [1.82, 2.24) is 9.88 Å². The highest BCUT2D eigenvalue weighted by Crippen LogP contribution is 2.13. The van der Waals surface area contributed by atoms with Gasteiger partial charge in [0.15, 0.2) is 0 Å². The van der Waals surface area contributed by atoms with Crippen molar-refractivity contribution in [2.45, 2.75) is 6.10 Å². The summed E-state index contributed by atoms with van der Waals surface area (Å²) in [4.78, 5) is 11.9. The molecule has 1 aromatic heterocycles. The van der Waals surface area contributed by atoms with Crippen LogP contribution < -0.4 is 5.32 Å². The lowest BCUT2D eigenvalue weighted by Gasteiger charge is -2.23. The molecule has 1 N–H and O–H groups in total. The molecule has 1 aliphatic rings. The van der Waals surface area contributed by atoms with Crippen LogP contribution >= 0.6 is 15.9 Å². The van der Waals surface area contributed by atoms with E-state index >= 15 is 0 Å². The first-order valence-electron chi connectivity index (χ1n) is 5.46. The molecule has 1 atom stereocenters. The molecule has 1 aliphatic heterocycles. The minimum atomic E-state index is -0.104. The molecule has 0 saturated carbocycles. The Morgan fingerprint density at radius 3 is 3.06 bits per heavy atom. The van der Waals surface area contributed by atoms with Crippen LogP contribution in [0.5, 0.6) is 0 Å². The standard InChI is InChI=1S/C11H15BrN2O3/c1-14-6-8(12)4-10(14)11(15)13-5-9-7-16-2-3-17-9/h4,6,9H,2-3,5,7H2,1H3,(H,13,15). The molecule has 1 fully saturated rings. The highest BCUT2D eigenvalue weighted by atomic mass is 79.9. The second-order valence-corrected chi connectivity index (χ2v) is 4.85. The van der Waals surface area contributed by atoms with Gasteiger partial charge in [-0.2, -0.15) is 0 Å². The van der Waals surface area contributed by atoms with Crippen molar-refractivity contribution in [1.29, 1.82) is 0 Å². The van der Waals surface area contributed by atoms with Crippen LogP contribution in [-0.4, -0.2) is 42.9 Å². The molecule has 1 aromatic rings. The highest BCUT2D eigenvalue weighted by molar-refractivity contribution is 9.10. The zero-order chi connectivity index (χ0) is 12.3. The zero-order valence-electron chi connectivity index (χ0n) is 9.61. The van der Waals surface area contributed by atoms with Gasteiger partial charge in [-0.1, -0.05) is 0 Å². The summed E-state index contributed by atoms with van der Waals surface area (Å²) in [5.74, 6) is -0.104. The number of ether oxygens (including phenoxy) is 2. The molecule has 1 saturated heterocycles. The van der Waals surface area contributed by atoms with Gasteiger partial charge in [0.2, 0.25) is 0 Å². The maximum absolute atomic E-state index is 11.9. The first-order valence-corrected chi connectivity index (χ1v) is 6.25. The first kappa shape index (κ1) is 12.6. The lowest BCUT2D eigenvalue weighted by atomic mass is 10.3. The summed E-state index contributed by atoms with van der Waals surface area (Å²) in [6.45, 7) is 2.24. The molecule has 1 unspecified atom stereocenters. The van der Waals surface area contributed by atoms with E-state index in [1.807, 2.05) is 13.2 Å². The van der Waals surface area contributed by atoms with E-state index < -0.39 is 0 Å². The number of rotatable bonds is 3. The van der Waals surface area contributed by atoms with E-state index in [-0.39, 0.29) is 12.0 Å². The summed E-state index contributed by atoms with van der Waals surface area (Å²) in [6, 6.07) is 1.79. The fourth-order valence-corrected chi connectivity index (χ4v) is 2.23. The Morgan fingerprint density at radius 1 is 1.65 bits per heavy atom. The van der Waals surface area contributed by atoms with Crippen LogP contribution in [0.25, 0.3) is 0 Å². The predicted octanol–water partition coefficient (Wildman–Crippen LogP) is 0.933. The summed E-state index contributed by atoms with van der Waals surface area (Å²) in [5.41, 5.74) is 0.619. The lowest BCUT2D eigenvalue weighted by Crippen LogP contribution is -2.40. The molecule has 2 heterocycles. The quantitative estimate of drug-likeness (QED) is 0.904. The summed E-state index contributed by atoms with van der Waals surface area (Å²) in [5, 5.41) is 2.84. The topological polar surface area (TPSA) is 52.5 Å². The molecule has 5 nitrogen and oxygen atoms in total. The summed E-state index contributed by atoms with van der Waals surface area (Å²) >= 11 is 3.33. The Morgan fingerprint density at radius 2 is 2.47 bits per heavy atom. The zero-order valence-corrected chi connectivity index (χ0v) is 11.2. The van der Waals surface area contributed by atoms with Gasteiger partial charge < -0.3 is 19.4 Å². The van der Waals surface area contributed by atoms with Gasteiger partial charge in [0.25, 0.3) is 5.91 Å². The van der Waals surface area contributed by atoms with Crippen LogP contribution in [0.15, 0.2) is 16.7 Å². The van der Waals surface area contributed by atoms with Crippen molar-refractivity contribution < 1.29 is 14.3 Å². The number of aryl methyl sites for hydroxylation is 1. The number of aromatic nitrogens is 1. The number of hydrogen-bond acceptors (Lipinski definition) is 3. The molecule has 94 valence electrons. The van der Waals surface area contributed by atoms with Crippen molar-refractivity contribution >= 4 is 21.8 Å². The van der Waals surface area contributed by atoms with Crippen LogP contribution in [0.4, 0.5) is 0 Å². The minimum absolute atomic E-state index is 0.0450. The Hall–Kier alpha value is -0.850. The molecule has 0 bridgehead atoms. The number of nitrogens with one attached hydrogen (secondary N) is 1. The first-order chi connectivity index (χ1) is 8.16. The maximum atomic E-state index is 11.9. The van der Waals surface area contributed by atoms with Gasteiger partial charge in [-0.15, -0.1) is 0 Å². The second kappa shape index (κ2) is 5.66. The second-order valence-electron chi connectivity index (χ2n) is 3.93. The van der Waals surface area contributed by atoms with Gasteiger partial charge in [0, 0.05) is 24.3 Å². The summed E-state index contributed by atoms with van der Waals surface area (Å²) < 4.78 is 13.4. The van der Waals surface area contributed by atoms with Gasteiger partial charge in [-0.05, 0) is 22.0 Å². The smallest absolute Gasteiger partial charge is 0.268 e. The van der Waals surface area contributed by atoms with E-state index in [0.29, 0.717) is 32.1 Å². The van der Waals surface area contributed by atoms with Gasteiger partial charge in [0.05, 0.1) is 25.9 Å². The number of carbonyl (C=O) groups excluding carboxylic acids is 1. The monoisotopic (exact) mass is 302 g/mol. The third-order valence-corrected chi connectivity index (χ3v) is 3.01. The van der Waals surface area contributed by atoms with Gasteiger partial charge in [0.1, 0.15) is 5.69 Å². The third kappa shape index (κ3) is 3.31. The number of halogens is 1. The van der Waals surface area contributed by atoms with Gasteiger partial charge in [-0.25, -0.2) is 0 Å². The third-order valence-electron chi connectivity index (χ3n) is 2.58. The average Bonchev–Trinajstić information content (AvgIpc) is 2.67. The lowest BCUT2D eigenvalue weighted by molar-refractivity contribution is -0.0855. The fraction of sp³-hybridized carbons (Fsp3) is 0.545. The van der Waals surface area contributed by atoms with Crippen LogP contribution in [-0.2, 0) is 16.5 Å². The highest BCUT2D eigenvalue weighted by Gasteiger charge is 2.17. The molecule has 6 heteroatoms. The van der Waals surface area contributed by atoms with Crippen molar-refractivity contribution in [2.24, 2.45) is 7.05 Å². The predicted molar refractivity (Wildman–Crippen MR) is 66.0 cm³/mol. The van der Waals surface area contributed by atoms with E-state index in [1.54, 1.807) is 10.6 Å². The van der Waals surface area contributed by atoms with Gasteiger partial charge in [-0.3, -0.25) is 4.79 Å². The summed E-state index contributed by atoms with van der Waals surface area (Å²) in [7, 11) is 1.83. The van der Waals surface area contributed by atoms with E-state index in [4.69, 9.17) is 9.47 Å². The Kier molecular flexibility index (Phi) is 4.20. The van der Waals surface area contributed by atoms with Crippen LogP contribution in [0.1, 0.15) is 10.5 Å². The van der Waals surface area contributed by atoms with E-state index in [1.165, 1.54) is 0 Å². The number of carbonyl (C=O) groups is 1. The summed E-state index contributed by atoms with van der Waals surface area (Å²) in [6.07, 6.45) is 1.80. The van der Waals surface area contributed by atoms with Crippen LogP contribution in [0, 0.1) is 0 Å². The number of amides is 1. The largest absolute Gasteiger partial charge is 0.376 e. The van der Waals surface area contributed by atoms with Crippen molar-refractivity contribution in [3.8, 4) is 0 Å². The van der Waals surface area contributed by atoms with Crippen molar-refractivity contribution in [2.75, 3.05) is 26.4 Å². The fourth-order valence-electron chi connectivity index (χ4n) is 1.70. The maximum Gasteiger partial charge on any atom is 0.268 e. The van der Waals surface area contributed by atoms with E-state index in [2.05, 4.69) is 21.2 Å². The SMILES string of the molecule is Cn1cc(Br)cc1C(=O)NCC1COCCO1. The Bertz CT molecular complexity index is 399. The van der Waals surface area contributed by atoms with Crippen molar-refractivity contribution in [3.63, 3.8) is 0 Å². The van der Waals surface area contributed by atoms with Crippen LogP contribution in [0.2, 0.25) is 0 Å². The molecule has 0 aromatic carbocycles. The van der Waals surface area contributed by atoms with Gasteiger partial charge >= 0.3 is 0 Å². The minimum Gasteiger partial charge on any atom is -0.376 e. The Labute approximate surface area is 108 Å².